The SMILES string of the molecule is CCn1c(C(C)O)nc2cc(NCc3cccc(C)c3OC)ccc21. The summed E-state index contributed by atoms with van der Waals surface area (Å²) >= 11 is 0. The van der Waals surface area contributed by atoms with E-state index in [9.17, 15) is 5.11 Å². The summed E-state index contributed by atoms with van der Waals surface area (Å²) in [4.78, 5) is 4.59. The Morgan fingerprint density at radius 2 is 2.08 bits per heavy atom. The molecule has 0 aliphatic heterocycles. The van der Waals surface area contributed by atoms with Crippen molar-refractivity contribution in [1.29, 1.82) is 0 Å². The van der Waals surface area contributed by atoms with Gasteiger partial charge in [0.05, 0.1) is 18.1 Å². The lowest BCUT2D eigenvalue weighted by molar-refractivity contribution is 0.184. The van der Waals surface area contributed by atoms with Crippen molar-refractivity contribution in [1.82, 2.24) is 9.55 Å². The van der Waals surface area contributed by atoms with E-state index in [4.69, 9.17) is 4.74 Å². The molecular weight excluding hydrogens is 314 g/mol. The fourth-order valence-corrected chi connectivity index (χ4v) is 3.25. The molecule has 0 spiro atoms. The number of nitrogens with one attached hydrogen (secondary N) is 1. The molecule has 3 aromatic rings. The molecule has 1 unspecified atom stereocenters. The predicted molar refractivity (Wildman–Crippen MR) is 101 cm³/mol. The number of hydrogen-bond donors (Lipinski definition) is 2. The van der Waals surface area contributed by atoms with Crippen LogP contribution in [0.3, 0.4) is 0 Å². The lowest BCUT2D eigenvalue weighted by atomic mass is 10.1. The number of aryl methyl sites for hydroxylation is 2. The minimum absolute atomic E-state index is 0.583. The number of aromatic nitrogens is 2. The van der Waals surface area contributed by atoms with E-state index >= 15 is 0 Å². The van der Waals surface area contributed by atoms with Gasteiger partial charge in [-0.15, -0.1) is 0 Å². The van der Waals surface area contributed by atoms with Crippen LogP contribution in [0.1, 0.15) is 36.9 Å². The number of ether oxygens (including phenoxy) is 1. The molecule has 1 aromatic heterocycles. The molecule has 0 aliphatic carbocycles. The maximum absolute atomic E-state index is 9.93. The molecule has 2 aromatic carbocycles. The molecule has 0 amide bonds. The summed E-state index contributed by atoms with van der Waals surface area (Å²) in [6, 6.07) is 12.3. The number of methoxy groups -OCH3 is 1. The first-order valence-electron chi connectivity index (χ1n) is 8.59. The number of hydrogen-bond acceptors (Lipinski definition) is 4. The summed E-state index contributed by atoms with van der Waals surface area (Å²) in [6.07, 6.45) is -0.583. The number of anilines is 1. The molecular formula is C20H25N3O2. The van der Waals surface area contributed by atoms with Crippen molar-refractivity contribution in [3.8, 4) is 5.75 Å². The van der Waals surface area contributed by atoms with E-state index in [1.807, 2.05) is 41.8 Å². The van der Waals surface area contributed by atoms with Gasteiger partial charge in [0.25, 0.3) is 0 Å². The van der Waals surface area contributed by atoms with Crippen molar-refractivity contribution in [3.05, 3.63) is 53.3 Å². The molecule has 132 valence electrons. The van der Waals surface area contributed by atoms with E-state index in [-0.39, 0.29) is 0 Å². The second-order valence-corrected chi connectivity index (χ2v) is 6.21. The summed E-state index contributed by atoms with van der Waals surface area (Å²) in [5, 5.41) is 13.4. The molecule has 2 N–H and O–H groups in total. The lowest BCUT2D eigenvalue weighted by Crippen LogP contribution is -2.04. The minimum atomic E-state index is -0.583. The summed E-state index contributed by atoms with van der Waals surface area (Å²) in [5.41, 5.74) is 5.16. The topological polar surface area (TPSA) is 59.3 Å². The highest BCUT2D eigenvalue weighted by molar-refractivity contribution is 5.80. The number of fused-ring (bicyclic) bond motifs is 1. The van der Waals surface area contributed by atoms with Gasteiger partial charge in [-0.3, -0.25) is 0 Å². The molecule has 0 fully saturated rings. The van der Waals surface area contributed by atoms with Crippen molar-refractivity contribution in [3.63, 3.8) is 0 Å². The molecule has 5 nitrogen and oxygen atoms in total. The summed E-state index contributed by atoms with van der Waals surface area (Å²) in [6.45, 7) is 7.31. The first kappa shape index (κ1) is 17.3. The Balaban J connectivity index is 1.87. The first-order chi connectivity index (χ1) is 12.0. The Kier molecular flexibility index (Phi) is 4.95. The van der Waals surface area contributed by atoms with Gasteiger partial charge < -0.3 is 19.7 Å². The Hall–Kier alpha value is -2.53. The van der Waals surface area contributed by atoms with E-state index in [1.54, 1.807) is 14.0 Å². The molecule has 25 heavy (non-hydrogen) atoms. The molecule has 0 saturated carbocycles. The highest BCUT2D eigenvalue weighted by atomic mass is 16.5. The molecule has 5 heteroatoms. The largest absolute Gasteiger partial charge is 0.496 e. The second-order valence-electron chi connectivity index (χ2n) is 6.21. The van der Waals surface area contributed by atoms with Gasteiger partial charge in [0.2, 0.25) is 0 Å². The van der Waals surface area contributed by atoms with Crippen LogP contribution in [0.5, 0.6) is 5.75 Å². The van der Waals surface area contributed by atoms with Gasteiger partial charge >= 0.3 is 0 Å². The lowest BCUT2D eigenvalue weighted by Gasteiger charge is -2.13. The van der Waals surface area contributed by atoms with Gasteiger partial charge in [-0.2, -0.15) is 0 Å². The van der Waals surface area contributed by atoms with Gasteiger partial charge in [0.1, 0.15) is 17.7 Å². The second kappa shape index (κ2) is 7.15. The van der Waals surface area contributed by atoms with Gasteiger partial charge in [0.15, 0.2) is 0 Å². The average molecular weight is 339 g/mol. The normalized spacial score (nSPS) is 12.4. The smallest absolute Gasteiger partial charge is 0.138 e. The van der Waals surface area contributed by atoms with Crippen LogP contribution >= 0.6 is 0 Å². The maximum Gasteiger partial charge on any atom is 0.138 e. The van der Waals surface area contributed by atoms with Crippen LogP contribution in [0, 0.1) is 6.92 Å². The number of para-hydroxylation sites is 1. The van der Waals surface area contributed by atoms with E-state index in [0.717, 1.165) is 40.1 Å². The van der Waals surface area contributed by atoms with Gasteiger partial charge in [-0.25, -0.2) is 4.98 Å². The summed E-state index contributed by atoms with van der Waals surface area (Å²) in [7, 11) is 1.70. The maximum atomic E-state index is 9.93. The van der Waals surface area contributed by atoms with Crippen LogP contribution in [0.15, 0.2) is 36.4 Å². The zero-order chi connectivity index (χ0) is 18.0. The molecule has 1 atom stereocenters. The quantitative estimate of drug-likeness (QED) is 0.711. The minimum Gasteiger partial charge on any atom is -0.496 e. The van der Waals surface area contributed by atoms with E-state index in [2.05, 4.69) is 23.3 Å². The van der Waals surface area contributed by atoms with Crippen LogP contribution in [0.2, 0.25) is 0 Å². The number of benzene rings is 2. The molecule has 0 radical (unpaired) electrons. The summed E-state index contributed by atoms with van der Waals surface area (Å²) in [5.74, 6) is 1.62. The monoisotopic (exact) mass is 339 g/mol. The number of aliphatic hydroxyl groups is 1. The van der Waals surface area contributed by atoms with Crippen LogP contribution in [-0.4, -0.2) is 21.8 Å². The van der Waals surface area contributed by atoms with Crippen LogP contribution in [0.25, 0.3) is 11.0 Å². The van der Waals surface area contributed by atoms with Crippen LogP contribution in [-0.2, 0) is 13.1 Å². The van der Waals surface area contributed by atoms with E-state index in [0.29, 0.717) is 12.4 Å². The Labute approximate surface area is 148 Å². The standard InChI is InChI=1S/C20H25N3O2/c1-5-23-18-10-9-16(11-17(18)22-20(23)14(3)24)21-12-15-8-6-7-13(2)19(15)25-4/h6-11,14,21,24H,5,12H2,1-4H3. The van der Waals surface area contributed by atoms with Crippen molar-refractivity contribution in [2.24, 2.45) is 0 Å². The number of nitrogens with zero attached hydrogens (tertiary/aromatic N) is 2. The molecule has 0 bridgehead atoms. The zero-order valence-electron chi connectivity index (χ0n) is 15.2. The van der Waals surface area contributed by atoms with Gasteiger partial charge in [0, 0.05) is 24.3 Å². The molecule has 3 rings (SSSR count). The highest BCUT2D eigenvalue weighted by Gasteiger charge is 2.14. The Bertz CT molecular complexity index is 884. The average Bonchev–Trinajstić information content (AvgIpc) is 2.98. The van der Waals surface area contributed by atoms with Gasteiger partial charge in [-0.05, 0) is 44.5 Å². The predicted octanol–water partition coefficient (Wildman–Crippen LogP) is 4.04. The van der Waals surface area contributed by atoms with Crippen LogP contribution < -0.4 is 10.1 Å². The third kappa shape index (κ3) is 3.33. The number of aliphatic hydroxyl groups excluding tert-OH is 1. The third-order valence-corrected chi connectivity index (χ3v) is 4.45. The number of imidazole rings is 1. The van der Waals surface area contributed by atoms with Crippen molar-refractivity contribution < 1.29 is 9.84 Å². The fraction of sp³-hybridized carbons (Fsp3) is 0.350. The highest BCUT2D eigenvalue weighted by Crippen LogP contribution is 2.26. The van der Waals surface area contributed by atoms with Crippen molar-refractivity contribution in [2.75, 3.05) is 12.4 Å². The van der Waals surface area contributed by atoms with Gasteiger partial charge in [-0.1, -0.05) is 18.2 Å². The van der Waals surface area contributed by atoms with Crippen molar-refractivity contribution in [2.45, 2.75) is 40.0 Å². The first-order valence-corrected chi connectivity index (χ1v) is 8.59. The molecule has 1 heterocycles. The van der Waals surface area contributed by atoms with E-state index < -0.39 is 6.10 Å². The molecule has 0 saturated heterocycles. The zero-order valence-corrected chi connectivity index (χ0v) is 15.2. The molecule has 0 aliphatic rings. The van der Waals surface area contributed by atoms with Crippen LogP contribution in [0.4, 0.5) is 5.69 Å². The summed E-state index contributed by atoms with van der Waals surface area (Å²) < 4.78 is 7.56. The fourth-order valence-electron chi connectivity index (χ4n) is 3.25. The Morgan fingerprint density at radius 3 is 2.76 bits per heavy atom. The third-order valence-electron chi connectivity index (χ3n) is 4.45. The van der Waals surface area contributed by atoms with E-state index in [1.165, 1.54) is 0 Å². The number of rotatable bonds is 6. The van der Waals surface area contributed by atoms with Crippen molar-refractivity contribution >= 4 is 16.7 Å². The Morgan fingerprint density at radius 1 is 1.28 bits per heavy atom.